The summed E-state index contributed by atoms with van der Waals surface area (Å²) in [5.74, 6) is 0.970. The average Bonchev–Trinajstić information content (AvgIpc) is 3.38. The third kappa shape index (κ3) is 3.48. The van der Waals surface area contributed by atoms with Gasteiger partial charge in [0.15, 0.2) is 0 Å². The van der Waals surface area contributed by atoms with Crippen LogP contribution in [0.25, 0.3) is 11.3 Å². The molecule has 0 spiro atoms. The molecule has 1 aliphatic rings. The number of fused-ring (bicyclic) bond motifs is 1. The van der Waals surface area contributed by atoms with Crippen molar-refractivity contribution in [1.29, 1.82) is 0 Å². The molecule has 0 saturated heterocycles. The van der Waals surface area contributed by atoms with E-state index in [1.807, 2.05) is 36.4 Å². The van der Waals surface area contributed by atoms with Crippen LogP contribution < -0.4 is 9.88 Å². The fourth-order valence-electron chi connectivity index (χ4n) is 3.74. The van der Waals surface area contributed by atoms with Crippen molar-refractivity contribution in [2.75, 3.05) is 5.32 Å². The summed E-state index contributed by atoms with van der Waals surface area (Å²) in [4.78, 5) is 17.9. The van der Waals surface area contributed by atoms with Gasteiger partial charge in [-0.25, -0.2) is 14.2 Å². The first kappa shape index (κ1) is 18.2. The van der Waals surface area contributed by atoms with E-state index in [4.69, 9.17) is 9.40 Å². The van der Waals surface area contributed by atoms with Crippen molar-refractivity contribution in [3.8, 4) is 11.3 Å². The minimum Gasteiger partial charge on any atom is -0.469 e. The minimum atomic E-state index is -0.449. The molecule has 0 saturated carbocycles. The van der Waals surface area contributed by atoms with Gasteiger partial charge in [-0.2, -0.15) is 4.57 Å². The first-order valence-corrected chi connectivity index (χ1v) is 9.76. The maximum atomic E-state index is 13.8. The Kier molecular flexibility index (Phi) is 4.59. The zero-order valence-corrected chi connectivity index (χ0v) is 16.1. The maximum absolute atomic E-state index is 13.8. The molecule has 0 bridgehead atoms. The van der Waals surface area contributed by atoms with E-state index in [0.29, 0.717) is 29.9 Å². The van der Waals surface area contributed by atoms with Crippen molar-refractivity contribution < 1.29 is 18.2 Å². The molecule has 1 N–H and O–H groups in total. The summed E-state index contributed by atoms with van der Waals surface area (Å²) in [6, 6.07) is 19.4. The molecule has 2 aromatic heterocycles. The first-order chi connectivity index (χ1) is 14.7. The van der Waals surface area contributed by atoms with Gasteiger partial charge in [-0.05, 0) is 29.8 Å². The van der Waals surface area contributed by atoms with E-state index in [0.717, 1.165) is 17.0 Å². The van der Waals surface area contributed by atoms with E-state index in [2.05, 4.69) is 5.32 Å². The fraction of sp³-hybridized carbons (Fsp3) is 0.125. The molecule has 30 heavy (non-hydrogen) atoms. The van der Waals surface area contributed by atoms with Gasteiger partial charge in [0, 0.05) is 12.0 Å². The smallest absolute Gasteiger partial charge is 0.359 e. The van der Waals surface area contributed by atoms with Gasteiger partial charge >= 0.3 is 11.7 Å². The number of benzene rings is 2. The third-order valence-corrected chi connectivity index (χ3v) is 5.19. The SMILES string of the molecule is O=C1C(Cc2ccco2)Nc2c(Cc3ccccc3)nc(-c3cccc(F)c3)c[n+]21. The van der Waals surface area contributed by atoms with Gasteiger partial charge < -0.3 is 4.42 Å². The Morgan fingerprint density at radius 3 is 2.70 bits per heavy atom. The fourth-order valence-corrected chi connectivity index (χ4v) is 3.74. The predicted octanol–water partition coefficient (Wildman–Crippen LogP) is 4.04. The number of aromatic nitrogens is 2. The van der Waals surface area contributed by atoms with Gasteiger partial charge in [0.1, 0.15) is 29.2 Å². The van der Waals surface area contributed by atoms with Crippen LogP contribution in [0.5, 0.6) is 0 Å². The summed E-state index contributed by atoms with van der Waals surface area (Å²) >= 11 is 0. The number of halogens is 1. The molecule has 3 heterocycles. The summed E-state index contributed by atoms with van der Waals surface area (Å²) in [7, 11) is 0. The van der Waals surface area contributed by atoms with Crippen LogP contribution in [-0.4, -0.2) is 16.9 Å². The van der Waals surface area contributed by atoms with Crippen molar-refractivity contribution in [2.45, 2.75) is 18.9 Å². The third-order valence-electron chi connectivity index (χ3n) is 5.19. The van der Waals surface area contributed by atoms with E-state index >= 15 is 0 Å². The second kappa shape index (κ2) is 7.55. The maximum Gasteiger partial charge on any atom is 0.359 e. The van der Waals surface area contributed by atoms with Gasteiger partial charge in [0.05, 0.1) is 12.7 Å². The first-order valence-electron chi connectivity index (χ1n) is 9.76. The molecule has 1 unspecified atom stereocenters. The van der Waals surface area contributed by atoms with E-state index in [9.17, 15) is 9.18 Å². The molecule has 1 aliphatic heterocycles. The second-order valence-electron chi connectivity index (χ2n) is 7.28. The highest BCUT2D eigenvalue weighted by atomic mass is 19.1. The molecule has 2 aromatic carbocycles. The van der Waals surface area contributed by atoms with Crippen LogP contribution in [0.1, 0.15) is 21.8 Å². The monoisotopic (exact) mass is 400 g/mol. The lowest BCUT2D eigenvalue weighted by atomic mass is 10.1. The molecule has 1 atom stereocenters. The number of carbonyl (C=O) groups excluding carboxylic acids is 1. The summed E-state index contributed by atoms with van der Waals surface area (Å²) < 4.78 is 20.8. The van der Waals surface area contributed by atoms with Gasteiger partial charge in [-0.15, -0.1) is 0 Å². The summed E-state index contributed by atoms with van der Waals surface area (Å²) in [5, 5.41) is 3.32. The number of nitrogens with one attached hydrogen (secondary N) is 1. The van der Waals surface area contributed by atoms with Crippen LogP contribution in [0, 0.1) is 5.82 Å². The highest BCUT2D eigenvalue weighted by Gasteiger charge is 2.41. The molecule has 5 rings (SSSR count). The lowest BCUT2D eigenvalue weighted by Crippen LogP contribution is -2.44. The zero-order valence-electron chi connectivity index (χ0n) is 16.1. The minimum absolute atomic E-state index is 0.0873. The predicted molar refractivity (Wildman–Crippen MR) is 110 cm³/mol. The lowest BCUT2D eigenvalue weighted by Gasteiger charge is -2.07. The second-order valence-corrected chi connectivity index (χ2v) is 7.28. The highest BCUT2D eigenvalue weighted by Crippen LogP contribution is 2.25. The average molecular weight is 400 g/mol. The topological polar surface area (TPSA) is 59.0 Å². The number of anilines is 1. The van der Waals surface area contributed by atoms with E-state index < -0.39 is 6.04 Å². The molecule has 0 aliphatic carbocycles. The summed E-state index contributed by atoms with van der Waals surface area (Å²) in [5.41, 5.74) is 2.99. The van der Waals surface area contributed by atoms with E-state index in [1.54, 1.807) is 35.2 Å². The van der Waals surface area contributed by atoms with Crippen LogP contribution >= 0.6 is 0 Å². The van der Waals surface area contributed by atoms with Gasteiger partial charge in [-0.3, -0.25) is 5.32 Å². The number of carbonyl (C=O) groups is 1. The quantitative estimate of drug-likeness (QED) is 0.514. The Labute approximate surface area is 172 Å². The summed E-state index contributed by atoms with van der Waals surface area (Å²) in [6.45, 7) is 0. The van der Waals surface area contributed by atoms with Crippen molar-refractivity contribution in [3.05, 3.63) is 102 Å². The number of rotatable bonds is 5. The molecule has 0 amide bonds. The van der Waals surface area contributed by atoms with Crippen LogP contribution in [0.15, 0.2) is 83.6 Å². The van der Waals surface area contributed by atoms with Crippen molar-refractivity contribution in [3.63, 3.8) is 0 Å². The number of hydrogen-bond acceptors (Lipinski definition) is 4. The number of hydrogen-bond donors (Lipinski definition) is 1. The Hall–Kier alpha value is -3.80. The largest absolute Gasteiger partial charge is 0.469 e. The molecule has 0 fully saturated rings. The molecule has 5 nitrogen and oxygen atoms in total. The lowest BCUT2D eigenvalue weighted by molar-refractivity contribution is -0.552. The number of nitrogens with zero attached hydrogens (tertiary/aromatic N) is 2. The van der Waals surface area contributed by atoms with Crippen molar-refractivity contribution in [2.24, 2.45) is 0 Å². The van der Waals surface area contributed by atoms with Crippen LogP contribution in [0.4, 0.5) is 10.2 Å². The van der Waals surface area contributed by atoms with Gasteiger partial charge in [-0.1, -0.05) is 42.5 Å². The summed E-state index contributed by atoms with van der Waals surface area (Å²) in [6.07, 6.45) is 4.26. The highest BCUT2D eigenvalue weighted by molar-refractivity contribution is 5.82. The number of furan rings is 1. The molecular weight excluding hydrogens is 381 g/mol. The van der Waals surface area contributed by atoms with Crippen LogP contribution in [0.2, 0.25) is 0 Å². The van der Waals surface area contributed by atoms with E-state index in [-0.39, 0.29) is 11.7 Å². The zero-order chi connectivity index (χ0) is 20.5. The van der Waals surface area contributed by atoms with E-state index in [1.165, 1.54) is 12.1 Å². The van der Waals surface area contributed by atoms with Crippen LogP contribution in [0.3, 0.4) is 0 Å². The van der Waals surface area contributed by atoms with Crippen molar-refractivity contribution in [1.82, 2.24) is 4.98 Å². The van der Waals surface area contributed by atoms with Gasteiger partial charge in [0.25, 0.3) is 0 Å². The standard InChI is InChI=1S/C24H18FN3O2/c25-18-9-4-8-17(13-18)22-15-28-23(20(26-22)12-16-6-2-1-3-7-16)27-21(24(28)29)14-19-10-5-11-30-19/h1-11,13,15,21H,12,14H2/p+1. The Morgan fingerprint density at radius 2 is 1.93 bits per heavy atom. The molecular formula is C24H19FN3O2+. The van der Waals surface area contributed by atoms with Crippen molar-refractivity contribution >= 4 is 11.7 Å². The Balaban J connectivity index is 1.57. The Morgan fingerprint density at radius 1 is 1.07 bits per heavy atom. The Bertz CT molecular complexity index is 1210. The normalized spacial score (nSPS) is 15.1. The van der Waals surface area contributed by atoms with Crippen LogP contribution in [-0.2, 0) is 12.8 Å². The molecule has 4 aromatic rings. The van der Waals surface area contributed by atoms with Gasteiger partial charge in [0.2, 0.25) is 6.04 Å². The molecule has 0 radical (unpaired) electrons. The molecule has 6 heteroatoms. The molecule has 148 valence electrons.